The van der Waals surface area contributed by atoms with Crippen LogP contribution >= 0.6 is 0 Å². The number of hydrogen-bond donors (Lipinski definition) is 1. The van der Waals surface area contributed by atoms with Gasteiger partial charge >= 0.3 is 5.56 Å². The molecular formula is C3H3N3O2. The minimum Gasteiger partial charge on any atom is -0.407 e. The van der Waals surface area contributed by atoms with Gasteiger partial charge in [0.15, 0.2) is 0 Å². The molecule has 1 heterocycles. The molecule has 0 fully saturated rings. The van der Waals surface area contributed by atoms with Crippen molar-refractivity contribution in [2.24, 2.45) is 0 Å². The molecule has 5 heteroatoms. The van der Waals surface area contributed by atoms with Crippen molar-refractivity contribution in [2.45, 2.75) is 0 Å². The SMILES string of the molecule is O=c1ccnnn1O. The average molecular weight is 113 g/mol. The molecule has 0 aromatic carbocycles. The van der Waals surface area contributed by atoms with E-state index in [2.05, 4.69) is 10.3 Å². The van der Waals surface area contributed by atoms with Crippen LogP contribution in [-0.4, -0.2) is 20.4 Å². The van der Waals surface area contributed by atoms with Crippen LogP contribution in [0.3, 0.4) is 0 Å². The smallest absolute Gasteiger partial charge is 0.306 e. The highest BCUT2D eigenvalue weighted by Gasteiger charge is 1.85. The Morgan fingerprint density at radius 3 is 2.88 bits per heavy atom. The summed E-state index contributed by atoms with van der Waals surface area (Å²) in [5.74, 6) is 0. The van der Waals surface area contributed by atoms with Crippen LogP contribution in [0.25, 0.3) is 0 Å². The quantitative estimate of drug-likeness (QED) is 0.432. The van der Waals surface area contributed by atoms with Crippen LogP contribution in [0, 0.1) is 0 Å². The first-order valence-electron chi connectivity index (χ1n) is 1.91. The molecule has 0 aliphatic heterocycles. The van der Waals surface area contributed by atoms with E-state index in [9.17, 15) is 4.79 Å². The monoisotopic (exact) mass is 113 g/mol. The maximum Gasteiger partial charge on any atom is 0.306 e. The fourth-order valence-corrected chi connectivity index (χ4v) is 0.287. The normalized spacial score (nSPS) is 9.00. The summed E-state index contributed by atoms with van der Waals surface area (Å²) in [5.41, 5.74) is -0.583. The highest BCUT2D eigenvalue weighted by Crippen LogP contribution is 1.58. The highest BCUT2D eigenvalue weighted by atomic mass is 16.5. The van der Waals surface area contributed by atoms with E-state index in [4.69, 9.17) is 5.21 Å². The van der Waals surface area contributed by atoms with Crippen LogP contribution in [0.5, 0.6) is 0 Å². The summed E-state index contributed by atoms with van der Waals surface area (Å²) in [6.07, 6.45) is 1.20. The lowest BCUT2D eigenvalue weighted by Gasteiger charge is -1.84. The van der Waals surface area contributed by atoms with Crippen molar-refractivity contribution in [3.05, 3.63) is 22.6 Å². The van der Waals surface area contributed by atoms with Crippen molar-refractivity contribution in [1.29, 1.82) is 0 Å². The van der Waals surface area contributed by atoms with E-state index >= 15 is 0 Å². The van der Waals surface area contributed by atoms with Crippen molar-refractivity contribution < 1.29 is 5.21 Å². The fraction of sp³-hybridized carbons (Fsp3) is 0. The molecule has 0 aliphatic carbocycles. The van der Waals surface area contributed by atoms with Gasteiger partial charge in [-0.2, -0.15) is 0 Å². The number of hydrogen-bond acceptors (Lipinski definition) is 4. The molecule has 1 aromatic rings. The summed E-state index contributed by atoms with van der Waals surface area (Å²) in [5, 5.41) is 14.5. The Hall–Kier alpha value is -1.39. The van der Waals surface area contributed by atoms with Gasteiger partial charge in [0.05, 0.1) is 6.20 Å². The predicted molar refractivity (Wildman–Crippen MR) is 23.5 cm³/mol. The molecule has 1 rings (SSSR count). The van der Waals surface area contributed by atoms with Gasteiger partial charge in [-0.3, -0.25) is 4.79 Å². The number of nitrogens with zero attached hydrogens (tertiary/aromatic N) is 3. The van der Waals surface area contributed by atoms with Crippen LogP contribution in [0.4, 0.5) is 0 Å². The zero-order valence-electron chi connectivity index (χ0n) is 3.85. The molecule has 8 heavy (non-hydrogen) atoms. The van der Waals surface area contributed by atoms with Crippen LogP contribution in [0.15, 0.2) is 17.1 Å². The molecule has 0 radical (unpaired) electrons. The van der Waals surface area contributed by atoms with Gasteiger partial charge in [0.25, 0.3) is 0 Å². The van der Waals surface area contributed by atoms with Gasteiger partial charge in [0, 0.05) is 6.07 Å². The molecule has 0 saturated carbocycles. The summed E-state index contributed by atoms with van der Waals surface area (Å²) < 4.78 is 0. The first-order chi connectivity index (χ1) is 3.80. The summed E-state index contributed by atoms with van der Waals surface area (Å²) in [6, 6.07) is 1.10. The van der Waals surface area contributed by atoms with Crippen molar-refractivity contribution >= 4 is 0 Å². The van der Waals surface area contributed by atoms with Gasteiger partial charge in [0.2, 0.25) is 0 Å². The highest BCUT2D eigenvalue weighted by molar-refractivity contribution is 4.73. The average Bonchev–Trinajstić information content (AvgIpc) is 1.77. The van der Waals surface area contributed by atoms with E-state index in [0.717, 1.165) is 6.07 Å². The van der Waals surface area contributed by atoms with Crippen molar-refractivity contribution in [2.75, 3.05) is 0 Å². The second-order valence-corrected chi connectivity index (χ2v) is 1.15. The van der Waals surface area contributed by atoms with E-state index in [1.807, 2.05) is 0 Å². The zero-order chi connectivity index (χ0) is 5.98. The third kappa shape index (κ3) is 0.651. The summed E-state index contributed by atoms with van der Waals surface area (Å²) in [7, 11) is 0. The molecule has 0 aliphatic rings. The molecule has 5 nitrogen and oxygen atoms in total. The van der Waals surface area contributed by atoms with Gasteiger partial charge < -0.3 is 5.21 Å². The van der Waals surface area contributed by atoms with Crippen molar-refractivity contribution in [3.63, 3.8) is 0 Å². The van der Waals surface area contributed by atoms with E-state index in [0.29, 0.717) is 0 Å². The van der Waals surface area contributed by atoms with E-state index in [1.54, 1.807) is 0 Å². The van der Waals surface area contributed by atoms with E-state index < -0.39 is 5.56 Å². The molecule has 0 atom stereocenters. The van der Waals surface area contributed by atoms with Gasteiger partial charge in [0.1, 0.15) is 0 Å². The van der Waals surface area contributed by atoms with Gasteiger partial charge in [-0.1, -0.05) is 0 Å². The van der Waals surface area contributed by atoms with Crippen LogP contribution in [0.2, 0.25) is 0 Å². The molecule has 0 saturated heterocycles. The fourth-order valence-electron chi connectivity index (χ4n) is 0.287. The number of rotatable bonds is 0. The van der Waals surface area contributed by atoms with Crippen molar-refractivity contribution in [1.82, 2.24) is 15.2 Å². The molecule has 1 N–H and O–H groups in total. The maximum atomic E-state index is 10.2. The summed E-state index contributed by atoms with van der Waals surface area (Å²) in [6.45, 7) is 0. The third-order valence-electron chi connectivity index (χ3n) is 0.617. The van der Waals surface area contributed by atoms with E-state index in [-0.39, 0.29) is 4.85 Å². The minimum absolute atomic E-state index is 0.167. The maximum absolute atomic E-state index is 10.2. The molecule has 0 bridgehead atoms. The summed E-state index contributed by atoms with van der Waals surface area (Å²) >= 11 is 0. The van der Waals surface area contributed by atoms with Gasteiger partial charge in [-0.05, 0) is 10.1 Å². The molecule has 0 unspecified atom stereocenters. The molecule has 1 aromatic heterocycles. The Labute approximate surface area is 44.1 Å². The van der Waals surface area contributed by atoms with Crippen LogP contribution in [0.1, 0.15) is 0 Å². The third-order valence-corrected chi connectivity index (χ3v) is 0.617. The Kier molecular flexibility index (Phi) is 0.957. The van der Waals surface area contributed by atoms with Crippen LogP contribution in [-0.2, 0) is 0 Å². The Balaban J connectivity index is 3.35. The lowest BCUT2D eigenvalue weighted by Crippen LogP contribution is -2.19. The molecular weight excluding hydrogens is 110 g/mol. The second-order valence-electron chi connectivity index (χ2n) is 1.15. The Morgan fingerprint density at radius 2 is 2.50 bits per heavy atom. The number of aromatic nitrogens is 3. The lowest BCUT2D eigenvalue weighted by atomic mass is 10.7. The topological polar surface area (TPSA) is 68.0 Å². The lowest BCUT2D eigenvalue weighted by molar-refractivity contribution is 0.125. The van der Waals surface area contributed by atoms with E-state index in [1.165, 1.54) is 6.20 Å². The molecule has 42 valence electrons. The van der Waals surface area contributed by atoms with Gasteiger partial charge in [-0.15, -0.1) is 5.10 Å². The van der Waals surface area contributed by atoms with Gasteiger partial charge in [-0.25, -0.2) is 0 Å². The van der Waals surface area contributed by atoms with Crippen LogP contribution < -0.4 is 5.56 Å². The summed E-state index contributed by atoms with van der Waals surface area (Å²) in [4.78, 5) is 10.4. The molecule has 0 spiro atoms. The Bertz CT molecular complexity index is 230. The second kappa shape index (κ2) is 1.61. The minimum atomic E-state index is -0.583. The Morgan fingerprint density at radius 1 is 1.75 bits per heavy atom. The first-order valence-corrected chi connectivity index (χ1v) is 1.91. The predicted octanol–water partition coefficient (Wildman–Crippen LogP) is -1.12. The molecule has 0 amide bonds. The standard InChI is InChI=1S/C3H3N3O2/c7-3-1-2-4-5-6(3)8/h1-2,8H. The largest absolute Gasteiger partial charge is 0.407 e. The first kappa shape index (κ1) is 4.76. The zero-order valence-corrected chi connectivity index (χ0v) is 3.85. The van der Waals surface area contributed by atoms with Crippen molar-refractivity contribution in [3.8, 4) is 0 Å².